The van der Waals surface area contributed by atoms with E-state index in [0.29, 0.717) is 5.69 Å². The van der Waals surface area contributed by atoms with Gasteiger partial charge in [-0.2, -0.15) is 13.2 Å². The van der Waals surface area contributed by atoms with Gasteiger partial charge in [-0.05, 0) is 42.5 Å². The third kappa shape index (κ3) is 4.21. The van der Waals surface area contributed by atoms with Crippen LogP contribution in [0.1, 0.15) is 12.0 Å². The highest BCUT2D eigenvalue weighted by atomic mass is 35.5. The second-order valence-corrected chi connectivity index (χ2v) is 6.47. The van der Waals surface area contributed by atoms with E-state index < -0.39 is 34.4 Å². The second kappa shape index (κ2) is 7.19. The molecule has 0 aliphatic carbocycles. The van der Waals surface area contributed by atoms with Crippen LogP contribution in [0.15, 0.2) is 42.5 Å². The van der Waals surface area contributed by atoms with Crippen molar-refractivity contribution in [1.82, 2.24) is 0 Å². The number of nitrogens with zero attached hydrogens (tertiary/aromatic N) is 1. The lowest BCUT2D eigenvalue weighted by atomic mass is 10.1. The number of alkyl halides is 3. The van der Waals surface area contributed by atoms with Crippen LogP contribution in [-0.4, -0.2) is 18.4 Å². The van der Waals surface area contributed by atoms with Crippen molar-refractivity contribution in [3.63, 3.8) is 0 Å². The third-order valence-electron chi connectivity index (χ3n) is 4.17. The highest BCUT2D eigenvalue weighted by Gasteiger charge is 2.36. The first-order chi connectivity index (χ1) is 12.6. The number of rotatable bonds is 3. The fraction of sp³-hybridized carbons (Fsp3) is 0.222. The average Bonchev–Trinajstić information content (AvgIpc) is 2.98. The van der Waals surface area contributed by atoms with Crippen molar-refractivity contribution in [3.8, 4) is 0 Å². The largest absolute Gasteiger partial charge is 0.417 e. The molecule has 4 nitrogen and oxygen atoms in total. The van der Waals surface area contributed by atoms with Gasteiger partial charge in [0.15, 0.2) is 0 Å². The molecule has 1 heterocycles. The van der Waals surface area contributed by atoms with Crippen LogP contribution in [0.25, 0.3) is 0 Å². The third-order valence-corrected chi connectivity index (χ3v) is 4.50. The molecule has 0 spiro atoms. The monoisotopic (exact) mass is 400 g/mol. The highest BCUT2D eigenvalue weighted by Crippen LogP contribution is 2.36. The maximum Gasteiger partial charge on any atom is 0.417 e. The summed E-state index contributed by atoms with van der Waals surface area (Å²) in [4.78, 5) is 25.9. The van der Waals surface area contributed by atoms with Crippen molar-refractivity contribution in [2.45, 2.75) is 12.6 Å². The Hall–Kier alpha value is -2.61. The Balaban J connectivity index is 1.72. The predicted octanol–water partition coefficient (Wildman–Crippen LogP) is 4.49. The number of amides is 2. The molecule has 2 aromatic rings. The van der Waals surface area contributed by atoms with Gasteiger partial charge in [0, 0.05) is 24.3 Å². The Morgan fingerprint density at radius 3 is 2.44 bits per heavy atom. The SMILES string of the molecule is O=C(Nc1ccc(Cl)c(C(F)(F)F)c1)[C@H]1CC(=O)N(c2ccc(F)cc2)C1. The normalized spacial score (nSPS) is 17.3. The van der Waals surface area contributed by atoms with Crippen molar-refractivity contribution >= 4 is 34.8 Å². The van der Waals surface area contributed by atoms with Crippen molar-refractivity contribution in [2.75, 3.05) is 16.8 Å². The maximum absolute atomic E-state index is 13.0. The van der Waals surface area contributed by atoms with Gasteiger partial charge in [-0.3, -0.25) is 9.59 Å². The summed E-state index contributed by atoms with van der Waals surface area (Å²) in [5, 5.41) is 1.92. The number of hydrogen-bond donors (Lipinski definition) is 1. The minimum atomic E-state index is -4.65. The van der Waals surface area contributed by atoms with Crippen LogP contribution in [-0.2, 0) is 15.8 Å². The summed E-state index contributed by atoms with van der Waals surface area (Å²) in [6.45, 7) is 0.0516. The molecule has 0 unspecified atom stereocenters. The Morgan fingerprint density at radius 1 is 1.15 bits per heavy atom. The van der Waals surface area contributed by atoms with E-state index in [-0.39, 0.29) is 24.6 Å². The molecule has 2 amide bonds. The zero-order valence-electron chi connectivity index (χ0n) is 13.7. The van der Waals surface area contributed by atoms with Crippen molar-refractivity contribution in [3.05, 3.63) is 58.9 Å². The summed E-state index contributed by atoms with van der Waals surface area (Å²) < 4.78 is 51.7. The van der Waals surface area contributed by atoms with E-state index in [4.69, 9.17) is 11.6 Å². The van der Waals surface area contributed by atoms with Gasteiger partial charge in [0.2, 0.25) is 11.8 Å². The van der Waals surface area contributed by atoms with E-state index >= 15 is 0 Å². The number of carbonyl (C=O) groups is 2. The molecule has 1 N–H and O–H groups in total. The molecule has 0 aromatic heterocycles. The molecule has 0 radical (unpaired) electrons. The van der Waals surface area contributed by atoms with Gasteiger partial charge >= 0.3 is 6.18 Å². The fourth-order valence-corrected chi connectivity index (χ4v) is 3.04. The molecule has 142 valence electrons. The van der Waals surface area contributed by atoms with E-state index in [0.717, 1.165) is 12.1 Å². The lowest BCUT2D eigenvalue weighted by molar-refractivity contribution is -0.137. The number of anilines is 2. The molecule has 0 saturated carbocycles. The number of hydrogen-bond acceptors (Lipinski definition) is 2. The van der Waals surface area contributed by atoms with Crippen LogP contribution in [0, 0.1) is 11.7 Å². The summed E-state index contributed by atoms with van der Waals surface area (Å²) in [6.07, 6.45) is -4.75. The van der Waals surface area contributed by atoms with E-state index in [2.05, 4.69) is 5.32 Å². The van der Waals surface area contributed by atoms with Crippen LogP contribution in [0.3, 0.4) is 0 Å². The average molecular weight is 401 g/mol. The molecule has 27 heavy (non-hydrogen) atoms. The molecule has 1 saturated heterocycles. The smallest absolute Gasteiger partial charge is 0.326 e. The molecular weight excluding hydrogens is 388 g/mol. The number of benzene rings is 2. The first-order valence-electron chi connectivity index (χ1n) is 7.88. The van der Waals surface area contributed by atoms with E-state index in [1.165, 1.54) is 35.2 Å². The van der Waals surface area contributed by atoms with Crippen LogP contribution in [0.4, 0.5) is 28.9 Å². The molecule has 3 rings (SSSR count). The van der Waals surface area contributed by atoms with Crippen molar-refractivity contribution in [2.24, 2.45) is 5.92 Å². The lowest BCUT2D eigenvalue weighted by Gasteiger charge is -2.17. The summed E-state index contributed by atoms with van der Waals surface area (Å²) in [7, 11) is 0. The maximum atomic E-state index is 13.0. The van der Waals surface area contributed by atoms with Gasteiger partial charge < -0.3 is 10.2 Å². The van der Waals surface area contributed by atoms with Gasteiger partial charge in [-0.25, -0.2) is 4.39 Å². The molecule has 1 aliphatic heterocycles. The summed E-state index contributed by atoms with van der Waals surface area (Å²) >= 11 is 5.55. The number of halogens is 5. The number of carbonyl (C=O) groups excluding carboxylic acids is 2. The Morgan fingerprint density at radius 2 is 1.81 bits per heavy atom. The van der Waals surface area contributed by atoms with Crippen LogP contribution < -0.4 is 10.2 Å². The molecule has 1 atom stereocenters. The van der Waals surface area contributed by atoms with Crippen LogP contribution in [0.2, 0.25) is 5.02 Å². The minimum Gasteiger partial charge on any atom is -0.326 e. The second-order valence-electron chi connectivity index (χ2n) is 6.06. The molecule has 9 heteroatoms. The summed E-state index contributed by atoms with van der Waals surface area (Å²) in [5.74, 6) is -2.10. The van der Waals surface area contributed by atoms with Crippen LogP contribution >= 0.6 is 11.6 Å². The standard InChI is InChI=1S/C18H13ClF4N2O2/c19-15-6-3-12(8-14(15)18(21,22)23)24-17(27)10-7-16(26)25(9-10)13-4-1-11(20)2-5-13/h1-6,8,10H,7,9H2,(H,24,27)/t10-/m0/s1. The molecule has 1 fully saturated rings. The highest BCUT2D eigenvalue weighted by molar-refractivity contribution is 6.31. The van der Waals surface area contributed by atoms with E-state index in [9.17, 15) is 27.2 Å². The van der Waals surface area contributed by atoms with Gasteiger partial charge in [0.25, 0.3) is 0 Å². The molecule has 0 bridgehead atoms. The van der Waals surface area contributed by atoms with Gasteiger partial charge in [-0.1, -0.05) is 11.6 Å². The fourth-order valence-electron chi connectivity index (χ4n) is 2.82. The first-order valence-corrected chi connectivity index (χ1v) is 8.26. The van der Waals surface area contributed by atoms with Crippen LogP contribution in [0.5, 0.6) is 0 Å². The minimum absolute atomic E-state index is 0.0516. The molecule has 2 aromatic carbocycles. The summed E-state index contributed by atoms with van der Waals surface area (Å²) in [5.41, 5.74) is -0.677. The predicted molar refractivity (Wildman–Crippen MR) is 91.9 cm³/mol. The zero-order valence-corrected chi connectivity index (χ0v) is 14.4. The van der Waals surface area contributed by atoms with Crippen molar-refractivity contribution in [1.29, 1.82) is 0 Å². The quantitative estimate of drug-likeness (QED) is 0.772. The van der Waals surface area contributed by atoms with Gasteiger partial charge in [0.1, 0.15) is 5.82 Å². The lowest BCUT2D eigenvalue weighted by Crippen LogP contribution is -2.28. The van der Waals surface area contributed by atoms with Gasteiger partial charge in [-0.15, -0.1) is 0 Å². The summed E-state index contributed by atoms with van der Waals surface area (Å²) in [6, 6.07) is 8.28. The zero-order chi connectivity index (χ0) is 19.8. The van der Waals surface area contributed by atoms with E-state index in [1.807, 2.05) is 0 Å². The Bertz CT molecular complexity index is 884. The Kier molecular flexibility index (Phi) is 5.10. The van der Waals surface area contributed by atoms with E-state index in [1.54, 1.807) is 0 Å². The Labute approximate surface area is 156 Å². The van der Waals surface area contributed by atoms with Crippen molar-refractivity contribution < 1.29 is 27.2 Å². The van der Waals surface area contributed by atoms with Gasteiger partial charge in [0.05, 0.1) is 16.5 Å². The first kappa shape index (κ1) is 19.2. The topological polar surface area (TPSA) is 49.4 Å². The molecular formula is C18H13ClF4N2O2. The molecule has 1 aliphatic rings. The number of nitrogens with one attached hydrogen (secondary N) is 1.